The van der Waals surface area contributed by atoms with E-state index in [1.807, 2.05) is 11.3 Å². The lowest BCUT2D eigenvalue weighted by Crippen LogP contribution is -2.28. The quantitative estimate of drug-likeness (QED) is 0.172. The molecule has 8 aromatic carbocycles. The molecule has 0 saturated carbocycles. The molecule has 0 amide bonds. The van der Waals surface area contributed by atoms with Crippen LogP contribution in [0.4, 0.5) is 17.1 Å². The lowest BCUT2D eigenvalue weighted by atomic mass is 9.68. The number of hydrogen-bond acceptors (Lipinski definition) is 2. The highest BCUT2D eigenvalue weighted by Crippen LogP contribution is 2.60. The van der Waals surface area contributed by atoms with Crippen molar-refractivity contribution in [2.45, 2.75) is 24.7 Å². The number of thiophene rings is 1. The number of benzene rings is 8. The van der Waals surface area contributed by atoms with Gasteiger partial charge < -0.3 is 4.90 Å². The second-order valence-electron chi connectivity index (χ2n) is 15.2. The molecule has 0 aliphatic heterocycles. The molecule has 0 N–H and O–H groups in total. The fraction of sp³-hybridized carbons (Fsp3) is 0.0769. The first-order valence-corrected chi connectivity index (χ1v) is 19.7. The maximum absolute atomic E-state index is 2.57. The van der Waals surface area contributed by atoms with E-state index in [1.54, 1.807) is 0 Å². The largest absolute Gasteiger partial charge is 0.308 e. The normalized spacial score (nSPS) is 14.4. The fourth-order valence-corrected chi connectivity index (χ4v) is 11.0. The van der Waals surface area contributed by atoms with Crippen LogP contribution in [-0.2, 0) is 10.8 Å². The van der Waals surface area contributed by atoms with Crippen LogP contribution in [0.1, 0.15) is 47.2 Å². The van der Waals surface area contributed by atoms with Gasteiger partial charge in [-0.2, -0.15) is 0 Å². The van der Waals surface area contributed by atoms with Gasteiger partial charge in [-0.25, -0.2) is 0 Å². The monoisotopic (exact) mass is 707 g/mol. The minimum absolute atomic E-state index is 0.127. The Balaban J connectivity index is 1.25. The average Bonchev–Trinajstić information content (AvgIpc) is 3.84. The number of anilines is 3. The van der Waals surface area contributed by atoms with Crippen molar-refractivity contribution in [3.05, 3.63) is 221 Å². The molecule has 0 radical (unpaired) electrons. The first-order chi connectivity index (χ1) is 26.6. The first kappa shape index (κ1) is 31.3. The molecule has 256 valence electrons. The van der Waals surface area contributed by atoms with Crippen molar-refractivity contribution in [2.75, 3.05) is 4.90 Å². The molecule has 2 aliphatic rings. The van der Waals surface area contributed by atoms with Crippen LogP contribution < -0.4 is 4.90 Å². The van der Waals surface area contributed by atoms with Crippen LogP contribution in [0.3, 0.4) is 0 Å². The van der Waals surface area contributed by atoms with Crippen LogP contribution in [0.25, 0.3) is 42.4 Å². The van der Waals surface area contributed by atoms with Crippen LogP contribution in [0.15, 0.2) is 188 Å². The molecule has 1 aromatic heterocycles. The van der Waals surface area contributed by atoms with Gasteiger partial charge >= 0.3 is 0 Å². The third kappa shape index (κ3) is 4.20. The lowest BCUT2D eigenvalue weighted by molar-refractivity contribution is 0.660. The first-order valence-electron chi connectivity index (χ1n) is 18.9. The molecular formula is C52H37NS. The molecule has 0 saturated heterocycles. The third-order valence-electron chi connectivity index (χ3n) is 12.2. The molecule has 0 unspecified atom stereocenters. The van der Waals surface area contributed by atoms with E-state index in [9.17, 15) is 0 Å². The summed E-state index contributed by atoms with van der Waals surface area (Å²) in [4.78, 5) is 2.57. The van der Waals surface area contributed by atoms with Gasteiger partial charge in [-0.05, 0) is 80.4 Å². The highest BCUT2D eigenvalue weighted by molar-refractivity contribution is 7.26. The lowest BCUT2D eigenvalue weighted by Gasteiger charge is -2.34. The average molecular weight is 708 g/mol. The molecule has 9 aromatic rings. The standard InChI is InChI=1S/C52H37NS/c1-51(2)42-25-12-9-21-37(42)38-32-31-36(33-45(38)51)53(47-29-15-24-40-39-22-11-14-30-48(39)54-50(40)47)46-28-16-27-44-49(46)41-23-10-13-26-43(41)52(44,34-17-5-3-6-18-34)35-19-7-4-8-20-35/h3-33H,1-2H3. The van der Waals surface area contributed by atoms with Gasteiger partial charge in [0.15, 0.2) is 0 Å². The van der Waals surface area contributed by atoms with Crippen molar-refractivity contribution in [1.82, 2.24) is 0 Å². The van der Waals surface area contributed by atoms with Gasteiger partial charge in [0.1, 0.15) is 0 Å². The van der Waals surface area contributed by atoms with E-state index in [4.69, 9.17) is 0 Å². The van der Waals surface area contributed by atoms with Crippen LogP contribution in [0, 0.1) is 0 Å². The Labute approximate surface area is 320 Å². The summed E-state index contributed by atoms with van der Waals surface area (Å²) >= 11 is 1.89. The number of hydrogen-bond donors (Lipinski definition) is 0. The summed E-state index contributed by atoms with van der Waals surface area (Å²) in [6.07, 6.45) is 0. The van der Waals surface area contributed by atoms with Crippen LogP contribution >= 0.6 is 11.3 Å². The zero-order valence-electron chi connectivity index (χ0n) is 30.3. The Bertz CT molecular complexity index is 2880. The molecule has 0 bridgehead atoms. The van der Waals surface area contributed by atoms with E-state index >= 15 is 0 Å². The van der Waals surface area contributed by atoms with Crippen molar-refractivity contribution >= 4 is 48.6 Å². The number of fused-ring (bicyclic) bond motifs is 9. The molecule has 0 atom stereocenters. The summed E-state index contributed by atoms with van der Waals surface area (Å²) in [5.74, 6) is 0. The number of rotatable bonds is 5. The summed E-state index contributed by atoms with van der Waals surface area (Å²) in [6, 6.07) is 70.2. The predicted molar refractivity (Wildman–Crippen MR) is 229 cm³/mol. The molecule has 0 spiro atoms. The SMILES string of the molecule is CC1(C)c2ccccc2-c2ccc(N(c3cccc4c3-c3ccccc3C4(c3ccccc3)c3ccccc3)c3cccc4c3sc3ccccc34)cc21. The zero-order valence-corrected chi connectivity index (χ0v) is 31.1. The zero-order chi connectivity index (χ0) is 36.0. The van der Waals surface area contributed by atoms with Crippen molar-refractivity contribution in [2.24, 2.45) is 0 Å². The maximum atomic E-state index is 2.57. The predicted octanol–water partition coefficient (Wildman–Crippen LogP) is 14.2. The Morgan fingerprint density at radius 2 is 1.00 bits per heavy atom. The Hall–Kier alpha value is -6.22. The van der Waals surface area contributed by atoms with E-state index in [2.05, 4.69) is 207 Å². The van der Waals surface area contributed by atoms with Gasteiger partial charge in [-0.15, -0.1) is 11.3 Å². The van der Waals surface area contributed by atoms with E-state index in [-0.39, 0.29) is 5.41 Å². The second-order valence-corrected chi connectivity index (χ2v) is 16.3. The smallest absolute Gasteiger partial charge is 0.0714 e. The number of nitrogens with zero attached hydrogens (tertiary/aromatic N) is 1. The summed E-state index contributed by atoms with van der Waals surface area (Å²) in [7, 11) is 0. The van der Waals surface area contributed by atoms with E-state index in [1.165, 1.54) is 92.9 Å². The van der Waals surface area contributed by atoms with Gasteiger partial charge in [-0.1, -0.05) is 172 Å². The van der Waals surface area contributed by atoms with Gasteiger partial charge in [-0.3, -0.25) is 0 Å². The third-order valence-corrected chi connectivity index (χ3v) is 13.4. The van der Waals surface area contributed by atoms with E-state index in [0.29, 0.717) is 0 Å². The van der Waals surface area contributed by atoms with Gasteiger partial charge in [0.25, 0.3) is 0 Å². The molecule has 2 aliphatic carbocycles. The highest BCUT2D eigenvalue weighted by atomic mass is 32.1. The topological polar surface area (TPSA) is 3.24 Å². The van der Waals surface area contributed by atoms with E-state index in [0.717, 1.165) is 0 Å². The minimum Gasteiger partial charge on any atom is -0.308 e. The molecule has 2 heteroatoms. The summed E-state index contributed by atoms with van der Waals surface area (Å²) in [6.45, 7) is 4.76. The van der Waals surface area contributed by atoms with Gasteiger partial charge in [0, 0.05) is 32.1 Å². The van der Waals surface area contributed by atoms with Crippen molar-refractivity contribution in [3.8, 4) is 22.3 Å². The van der Waals surface area contributed by atoms with Crippen molar-refractivity contribution in [1.29, 1.82) is 0 Å². The highest BCUT2D eigenvalue weighted by Gasteiger charge is 2.47. The van der Waals surface area contributed by atoms with Crippen LogP contribution in [0.2, 0.25) is 0 Å². The Morgan fingerprint density at radius 3 is 1.78 bits per heavy atom. The second kappa shape index (κ2) is 11.6. The van der Waals surface area contributed by atoms with E-state index < -0.39 is 5.41 Å². The van der Waals surface area contributed by atoms with Gasteiger partial charge in [0.05, 0.1) is 21.5 Å². The molecule has 1 heterocycles. The fourth-order valence-electron chi connectivity index (χ4n) is 9.81. The molecule has 54 heavy (non-hydrogen) atoms. The molecule has 1 nitrogen and oxygen atoms in total. The van der Waals surface area contributed by atoms with Crippen LogP contribution in [0.5, 0.6) is 0 Å². The maximum Gasteiger partial charge on any atom is 0.0714 e. The molecule has 0 fully saturated rings. The van der Waals surface area contributed by atoms with Gasteiger partial charge in [0.2, 0.25) is 0 Å². The van der Waals surface area contributed by atoms with Crippen molar-refractivity contribution < 1.29 is 0 Å². The Kier molecular flexibility index (Phi) is 6.75. The summed E-state index contributed by atoms with van der Waals surface area (Å²) in [5.41, 5.74) is 16.1. The summed E-state index contributed by atoms with van der Waals surface area (Å²) < 4.78 is 2.60. The van der Waals surface area contributed by atoms with Crippen LogP contribution in [-0.4, -0.2) is 0 Å². The molecular weight excluding hydrogens is 671 g/mol. The summed E-state index contributed by atoms with van der Waals surface area (Å²) in [5, 5.41) is 2.60. The Morgan fingerprint density at radius 1 is 0.426 bits per heavy atom. The molecule has 11 rings (SSSR count). The minimum atomic E-state index is -0.485. The van der Waals surface area contributed by atoms with Crippen molar-refractivity contribution in [3.63, 3.8) is 0 Å².